The summed E-state index contributed by atoms with van der Waals surface area (Å²) in [5.41, 5.74) is 1.19. The number of carbonyl (C=O) groups excluding carboxylic acids is 1. The van der Waals surface area contributed by atoms with Gasteiger partial charge in [-0.3, -0.25) is 4.79 Å². The zero-order valence-corrected chi connectivity index (χ0v) is 12.2. The highest BCUT2D eigenvalue weighted by Crippen LogP contribution is 2.25. The Balaban J connectivity index is 2.28. The van der Waals surface area contributed by atoms with Crippen molar-refractivity contribution in [1.29, 1.82) is 0 Å². The summed E-state index contributed by atoms with van der Waals surface area (Å²) >= 11 is 13.0. The van der Waals surface area contributed by atoms with Crippen LogP contribution in [0, 0.1) is 12.7 Å². The molecule has 19 heavy (non-hydrogen) atoms. The van der Waals surface area contributed by atoms with E-state index in [1.54, 1.807) is 6.08 Å². The van der Waals surface area contributed by atoms with Crippen molar-refractivity contribution in [3.05, 3.63) is 61.5 Å². The zero-order valence-electron chi connectivity index (χ0n) is 9.91. The molecule has 98 valence electrons. The van der Waals surface area contributed by atoms with Crippen molar-refractivity contribution < 1.29 is 9.18 Å². The van der Waals surface area contributed by atoms with Crippen LogP contribution in [0.5, 0.6) is 0 Å². The van der Waals surface area contributed by atoms with Crippen LogP contribution < -0.4 is 0 Å². The Labute approximate surface area is 124 Å². The number of aryl methyl sites for hydroxylation is 1. The molecule has 0 saturated carbocycles. The third-order valence-electron chi connectivity index (χ3n) is 2.56. The van der Waals surface area contributed by atoms with E-state index in [1.165, 1.54) is 23.5 Å². The van der Waals surface area contributed by atoms with Gasteiger partial charge in [0.25, 0.3) is 0 Å². The van der Waals surface area contributed by atoms with E-state index < -0.39 is 5.82 Å². The Kier molecular flexibility index (Phi) is 4.40. The van der Waals surface area contributed by atoms with Crippen molar-refractivity contribution in [3.8, 4) is 0 Å². The van der Waals surface area contributed by atoms with Gasteiger partial charge in [-0.2, -0.15) is 0 Å². The SMILES string of the molecule is Cc1ccsc1C=CC(=O)c1cc(F)c(Cl)cc1Cl. The molecular weight excluding hydrogens is 306 g/mol. The average molecular weight is 315 g/mol. The van der Waals surface area contributed by atoms with Gasteiger partial charge in [0.1, 0.15) is 5.82 Å². The van der Waals surface area contributed by atoms with Crippen LogP contribution in [0.1, 0.15) is 20.8 Å². The summed E-state index contributed by atoms with van der Waals surface area (Å²) in [6.07, 6.45) is 3.08. The number of rotatable bonds is 3. The van der Waals surface area contributed by atoms with Crippen molar-refractivity contribution in [3.63, 3.8) is 0 Å². The van der Waals surface area contributed by atoms with E-state index in [0.29, 0.717) is 0 Å². The van der Waals surface area contributed by atoms with E-state index in [-0.39, 0.29) is 21.4 Å². The summed E-state index contributed by atoms with van der Waals surface area (Å²) in [4.78, 5) is 12.9. The Hall–Kier alpha value is -1.16. The van der Waals surface area contributed by atoms with E-state index in [9.17, 15) is 9.18 Å². The largest absolute Gasteiger partial charge is 0.289 e. The molecule has 0 fully saturated rings. The molecule has 1 nitrogen and oxygen atoms in total. The van der Waals surface area contributed by atoms with E-state index >= 15 is 0 Å². The summed E-state index contributed by atoms with van der Waals surface area (Å²) in [6.45, 7) is 1.95. The van der Waals surface area contributed by atoms with E-state index in [2.05, 4.69) is 0 Å². The second-order valence-electron chi connectivity index (χ2n) is 3.91. The van der Waals surface area contributed by atoms with Gasteiger partial charge in [-0.15, -0.1) is 11.3 Å². The Morgan fingerprint density at radius 1 is 1.32 bits per heavy atom. The standard InChI is InChI=1S/C14H9Cl2FOS/c1-8-4-5-19-14(8)3-2-13(18)9-6-12(17)11(16)7-10(9)15/h2-7H,1H3. The van der Waals surface area contributed by atoms with Crippen molar-refractivity contribution in [2.24, 2.45) is 0 Å². The third kappa shape index (κ3) is 3.24. The minimum atomic E-state index is -0.657. The van der Waals surface area contributed by atoms with E-state index in [0.717, 1.165) is 16.5 Å². The number of carbonyl (C=O) groups is 1. The molecule has 0 N–H and O–H groups in total. The first-order valence-corrected chi connectivity index (χ1v) is 7.03. The Morgan fingerprint density at radius 3 is 2.68 bits per heavy atom. The van der Waals surface area contributed by atoms with Crippen molar-refractivity contribution in [2.45, 2.75) is 6.92 Å². The number of halogens is 3. The Bertz CT molecular complexity index is 661. The maximum Gasteiger partial charge on any atom is 0.187 e. The minimum Gasteiger partial charge on any atom is -0.289 e. The van der Waals surface area contributed by atoms with Crippen LogP contribution in [-0.2, 0) is 0 Å². The predicted molar refractivity (Wildman–Crippen MR) is 78.8 cm³/mol. The molecule has 1 heterocycles. The zero-order chi connectivity index (χ0) is 14.0. The van der Waals surface area contributed by atoms with Crippen LogP contribution in [-0.4, -0.2) is 5.78 Å². The molecule has 0 amide bonds. The molecule has 1 aromatic heterocycles. The smallest absolute Gasteiger partial charge is 0.187 e. The summed E-state index contributed by atoms with van der Waals surface area (Å²) in [5, 5.41) is 1.98. The predicted octanol–water partition coefficient (Wildman–Crippen LogP) is 5.40. The molecule has 1 aromatic carbocycles. The van der Waals surface area contributed by atoms with Gasteiger partial charge in [-0.1, -0.05) is 23.2 Å². The summed E-state index contributed by atoms with van der Waals surface area (Å²) in [5.74, 6) is -1.01. The molecule has 0 aliphatic heterocycles. The van der Waals surface area contributed by atoms with E-state index in [1.807, 2.05) is 18.4 Å². The van der Waals surface area contributed by atoms with Crippen molar-refractivity contribution in [1.82, 2.24) is 0 Å². The number of ketones is 1. The normalized spacial score (nSPS) is 11.2. The van der Waals surface area contributed by atoms with Crippen LogP contribution >= 0.6 is 34.5 Å². The number of hydrogen-bond acceptors (Lipinski definition) is 2. The van der Waals surface area contributed by atoms with Crippen LogP contribution in [0.15, 0.2) is 29.7 Å². The molecule has 2 rings (SSSR count). The lowest BCUT2D eigenvalue weighted by Gasteiger charge is -2.02. The average Bonchev–Trinajstić information content (AvgIpc) is 2.76. The molecular formula is C14H9Cl2FOS. The van der Waals surface area contributed by atoms with Crippen LogP contribution in [0.4, 0.5) is 4.39 Å². The van der Waals surface area contributed by atoms with Gasteiger partial charge in [0, 0.05) is 10.4 Å². The van der Waals surface area contributed by atoms with Crippen LogP contribution in [0.3, 0.4) is 0 Å². The quantitative estimate of drug-likeness (QED) is 0.421. The van der Waals surface area contributed by atoms with Crippen LogP contribution in [0.2, 0.25) is 10.0 Å². The lowest BCUT2D eigenvalue weighted by atomic mass is 10.1. The molecule has 0 saturated heterocycles. The Morgan fingerprint density at radius 2 is 2.05 bits per heavy atom. The van der Waals surface area contributed by atoms with Crippen molar-refractivity contribution in [2.75, 3.05) is 0 Å². The third-order valence-corrected chi connectivity index (χ3v) is 4.15. The molecule has 0 spiro atoms. The minimum absolute atomic E-state index is 0.0976. The fourth-order valence-electron chi connectivity index (χ4n) is 1.51. The fourth-order valence-corrected chi connectivity index (χ4v) is 2.80. The molecule has 5 heteroatoms. The van der Waals surface area contributed by atoms with Gasteiger partial charge < -0.3 is 0 Å². The molecule has 0 aliphatic carbocycles. The van der Waals surface area contributed by atoms with E-state index in [4.69, 9.17) is 23.2 Å². The first-order valence-electron chi connectivity index (χ1n) is 5.40. The number of allylic oxidation sites excluding steroid dienone is 1. The maximum absolute atomic E-state index is 13.3. The topological polar surface area (TPSA) is 17.1 Å². The maximum atomic E-state index is 13.3. The van der Waals surface area contributed by atoms with Gasteiger partial charge in [0.05, 0.1) is 10.0 Å². The first kappa shape index (κ1) is 14.3. The number of hydrogen-bond donors (Lipinski definition) is 0. The van der Waals surface area contributed by atoms with Gasteiger partial charge >= 0.3 is 0 Å². The lowest BCUT2D eigenvalue weighted by molar-refractivity contribution is 0.104. The number of thiophene rings is 1. The number of benzene rings is 1. The summed E-state index contributed by atoms with van der Waals surface area (Å²) in [6, 6.07) is 4.25. The molecule has 0 radical (unpaired) electrons. The molecule has 0 atom stereocenters. The molecule has 0 bridgehead atoms. The van der Waals surface area contributed by atoms with Crippen LogP contribution in [0.25, 0.3) is 6.08 Å². The van der Waals surface area contributed by atoms with Gasteiger partial charge in [0.2, 0.25) is 0 Å². The summed E-state index contributed by atoms with van der Waals surface area (Å²) in [7, 11) is 0. The van der Waals surface area contributed by atoms with Gasteiger partial charge in [0.15, 0.2) is 5.78 Å². The first-order chi connectivity index (χ1) is 8.99. The molecule has 0 aliphatic rings. The second kappa shape index (κ2) is 5.87. The monoisotopic (exact) mass is 314 g/mol. The summed E-state index contributed by atoms with van der Waals surface area (Å²) < 4.78 is 13.3. The highest BCUT2D eigenvalue weighted by molar-refractivity contribution is 7.11. The van der Waals surface area contributed by atoms with Gasteiger partial charge in [-0.05, 0) is 48.2 Å². The molecule has 2 aromatic rings. The van der Waals surface area contributed by atoms with Gasteiger partial charge in [-0.25, -0.2) is 4.39 Å². The fraction of sp³-hybridized carbons (Fsp3) is 0.0714. The highest BCUT2D eigenvalue weighted by atomic mass is 35.5. The lowest BCUT2D eigenvalue weighted by Crippen LogP contribution is -1.97. The molecule has 0 unspecified atom stereocenters. The second-order valence-corrected chi connectivity index (χ2v) is 5.67. The van der Waals surface area contributed by atoms with Crippen molar-refractivity contribution >= 4 is 46.4 Å². The highest BCUT2D eigenvalue weighted by Gasteiger charge is 2.12.